The maximum Gasteiger partial charge on any atom is 0.0950 e. The van der Waals surface area contributed by atoms with Crippen molar-refractivity contribution < 1.29 is 4.21 Å². The summed E-state index contributed by atoms with van der Waals surface area (Å²) < 4.78 is 13.0. The lowest BCUT2D eigenvalue weighted by Gasteiger charge is -2.12. The number of hydrogen-bond acceptors (Lipinski definition) is 2. The van der Waals surface area contributed by atoms with Gasteiger partial charge in [0.25, 0.3) is 0 Å². The average Bonchev–Trinajstić information content (AvgIpc) is 2.33. The minimum atomic E-state index is -0.737. The zero-order valence-electron chi connectivity index (χ0n) is 7.65. The Balaban J connectivity index is 2.71. The van der Waals surface area contributed by atoms with Gasteiger partial charge in [-0.25, -0.2) is 4.98 Å². The molecule has 0 N–H and O–H groups in total. The van der Waals surface area contributed by atoms with Crippen molar-refractivity contribution in [3.63, 3.8) is 0 Å². The van der Waals surface area contributed by atoms with E-state index in [4.69, 9.17) is 0 Å². The molecule has 1 aromatic rings. The monoisotopic (exact) mass is 186 g/mol. The molecule has 0 saturated carbocycles. The summed E-state index contributed by atoms with van der Waals surface area (Å²) in [6, 6.07) is 0.276. The van der Waals surface area contributed by atoms with Crippen molar-refractivity contribution in [1.82, 2.24) is 9.55 Å². The van der Waals surface area contributed by atoms with Crippen molar-refractivity contribution >= 4 is 10.8 Å². The van der Waals surface area contributed by atoms with E-state index in [9.17, 15) is 4.21 Å². The summed E-state index contributed by atoms with van der Waals surface area (Å²) in [5.74, 6) is 0.692. The van der Waals surface area contributed by atoms with E-state index in [2.05, 4.69) is 11.9 Å². The van der Waals surface area contributed by atoms with Crippen LogP contribution < -0.4 is 0 Å². The summed E-state index contributed by atoms with van der Waals surface area (Å²) in [5, 5.41) is 0. The lowest BCUT2D eigenvalue weighted by atomic mass is 10.3. The van der Waals surface area contributed by atoms with E-state index in [1.165, 1.54) is 0 Å². The quantitative estimate of drug-likeness (QED) is 0.709. The fourth-order valence-corrected chi connectivity index (χ4v) is 2.09. The fourth-order valence-electron chi connectivity index (χ4n) is 1.25. The number of nitrogens with zero attached hydrogens (tertiary/aromatic N) is 2. The van der Waals surface area contributed by atoms with Crippen LogP contribution in [0.4, 0.5) is 0 Å². The van der Waals surface area contributed by atoms with Gasteiger partial charge in [0, 0.05) is 40.7 Å². The number of hydrogen-bond donors (Lipinski definition) is 0. The summed E-state index contributed by atoms with van der Waals surface area (Å²) in [5.41, 5.74) is 1.12. The van der Waals surface area contributed by atoms with Gasteiger partial charge in [-0.2, -0.15) is 0 Å². The van der Waals surface area contributed by atoms with Gasteiger partial charge in [0.15, 0.2) is 0 Å². The third kappa shape index (κ3) is 2.17. The molecule has 3 nitrogen and oxygen atoms in total. The van der Waals surface area contributed by atoms with Gasteiger partial charge in [0.05, 0.1) is 6.33 Å². The molecule has 2 atom stereocenters. The van der Waals surface area contributed by atoms with Gasteiger partial charge in [-0.1, -0.05) is 0 Å². The maximum atomic E-state index is 10.9. The molecular weight excluding hydrogens is 172 g/mol. The molecule has 1 rings (SSSR count). The largest absolute Gasteiger partial charge is 0.331 e. The van der Waals surface area contributed by atoms with Gasteiger partial charge in [-0.15, -0.1) is 0 Å². The minimum absolute atomic E-state index is 0.276. The SMILES string of the molecule is Cc1cncn1C(C)CS(C)=O. The second kappa shape index (κ2) is 3.85. The molecule has 0 saturated heterocycles. The Hall–Kier alpha value is -0.640. The minimum Gasteiger partial charge on any atom is -0.331 e. The van der Waals surface area contributed by atoms with Crippen LogP contribution in [-0.4, -0.2) is 25.8 Å². The van der Waals surface area contributed by atoms with Gasteiger partial charge >= 0.3 is 0 Å². The van der Waals surface area contributed by atoms with Crippen LogP contribution in [0.1, 0.15) is 18.7 Å². The summed E-state index contributed by atoms with van der Waals surface area (Å²) in [4.78, 5) is 4.01. The highest BCUT2D eigenvalue weighted by atomic mass is 32.2. The Morgan fingerprint density at radius 1 is 1.75 bits per heavy atom. The fraction of sp³-hybridized carbons (Fsp3) is 0.625. The van der Waals surface area contributed by atoms with Crippen LogP contribution in [0.5, 0.6) is 0 Å². The molecule has 0 bridgehead atoms. The first kappa shape index (κ1) is 9.45. The Labute approximate surface area is 75.3 Å². The molecule has 0 amide bonds. The van der Waals surface area contributed by atoms with E-state index in [1.54, 1.807) is 12.6 Å². The van der Waals surface area contributed by atoms with E-state index in [0.717, 1.165) is 5.69 Å². The zero-order valence-corrected chi connectivity index (χ0v) is 8.47. The maximum absolute atomic E-state index is 10.9. The van der Waals surface area contributed by atoms with Gasteiger partial charge in [-0.05, 0) is 13.8 Å². The first-order chi connectivity index (χ1) is 5.61. The molecule has 0 fully saturated rings. The Morgan fingerprint density at radius 3 is 2.83 bits per heavy atom. The molecule has 0 radical (unpaired) electrons. The van der Waals surface area contributed by atoms with Gasteiger partial charge < -0.3 is 4.57 Å². The third-order valence-electron chi connectivity index (χ3n) is 1.81. The number of rotatable bonds is 3. The van der Waals surface area contributed by atoms with E-state index < -0.39 is 10.8 Å². The Bertz CT molecular complexity index is 282. The number of aromatic nitrogens is 2. The summed E-state index contributed by atoms with van der Waals surface area (Å²) in [7, 11) is -0.737. The molecule has 4 heteroatoms. The van der Waals surface area contributed by atoms with Crippen molar-refractivity contribution in [2.24, 2.45) is 0 Å². The van der Waals surface area contributed by atoms with Crippen LogP contribution in [0, 0.1) is 6.92 Å². The highest BCUT2D eigenvalue weighted by Gasteiger charge is 2.07. The summed E-state index contributed by atoms with van der Waals surface area (Å²) in [6.07, 6.45) is 5.32. The highest BCUT2D eigenvalue weighted by molar-refractivity contribution is 7.84. The Kier molecular flexibility index (Phi) is 3.03. The smallest absolute Gasteiger partial charge is 0.0950 e. The van der Waals surface area contributed by atoms with Crippen molar-refractivity contribution in [2.75, 3.05) is 12.0 Å². The number of imidazole rings is 1. The normalized spacial score (nSPS) is 15.9. The topological polar surface area (TPSA) is 34.9 Å². The van der Waals surface area contributed by atoms with Crippen LogP contribution in [-0.2, 0) is 10.8 Å². The molecule has 1 heterocycles. The van der Waals surface area contributed by atoms with Crippen molar-refractivity contribution in [1.29, 1.82) is 0 Å². The molecule has 0 aliphatic rings. The Morgan fingerprint density at radius 2 is 2.42 bits per heavy atom. The standard InChI is InChI=1S/C8H14N2OS/c1-7-4-9-6-10(7)8(2)5-12(3)11/h4,6,8H,5H2,1-3H3. The predicted molar refractivity (Wildman–Crippen MR) is 50.6 cm³/mol. The van der Waals surface area contributed by atoms with E-state index >= 15 is 0 Å². The predicted octanol–water partition coefficient (Wildman–Crippen LogP) is 1.13. The van der Waals surface area contributed by atoms with E-state index in [0.29, 0.717) is 5.75 Å². The van der Waals surface area contributed by atoms with Crippen LogP contribution in [0.3, 0.4) is 0 Å². The molecule has 0 spiro atoms. The molecule has 1 aromatic heterocycles. The molecular formula is C8H14N2OS. The van der Waals surface area contributed by atoms with Crippen LogP contribution >= 0.6 is 0 Å². The highest BCUT2D eigenvalue weighted by Crippen LogP contribution is 2.09. The van der Waals surface area contributed by atoms with Gasteiger partial charge in [0.1, 0.15) is 0 Å². The van der Waals surface area contributed by atoms with Gasteiger partial charge in [0.2, 0.25) is 0 Å². The van der Waals surface area contributed by atoms with Crippen molar-refractivity contribution in [2.45, 2.75) is 19.9 Å². The van der Waals surface area contributed by atoms with Crippen molar-refractivity contribution in [3.8, 4) is 0 Å². The van der Waals surface area contributed by atoms with Gasteiger partial charge in [-0.3, -0.25) is 4.21 Å². The number of aryl methyl sites for hydroxylation is 1. The third-order valence-corrected chi connectivity index (χ3v) is 2.76. The molecule has 2 unspecified atom stereocenters. The molecule has 0 aliphatic heterocycles. The molecule has 0 aromatic carbocycles. The first-order valence-electron chi connectivity index (χ1n) is 3.89. The summed E-state index contributed by atoms with van der Waals surface area (Å²) in [6.45, 7) is 4.05. The second-order valence-corrected chi connectivity index (χ2v) is 4.51. The van der Waals surface area contributed by atoms with Crippen LogP contribution in [0.25, 0.3) is 0 Å². The average molecular weight is 186 g/mol. The molecule has 68 valence electrons. The molecule has 0 aliphatic carbocycles. The lowest BCUT2D eigenvalue weighted by Crippen LogP contribution is -2.12. The zero-order chi connectivity index (χ0) is 9.14. The first-order valence-corrected chi connectivity index (χ1v) is 5.62. The lowest BCUT2D eigenvalue weighted by molar-refractivity contribution is 0.584. The van der Waals surface area contributed by atoms with E-state index in [-0.39, 0.29) is 6.04 Å². The van der Waals surface area contributed by atoms with Crippen molar-refractivity contribution in [3.05, 3.63) is 18.2 Å². The van der Waals surface area contributed by atoms with Crippen LogP contribution in [0.15, 0.2) is 12.5 Å². The molecule has 12 heavy (non-hydrogen) atoms. The second-order valence-electron chi connectivity index (χ2n) is 3.03. The van der Waals surface area contributed by atoms with Crippen LogP contribution in [0.2, 0.25) is 0 Å². The summed E-state index contributed by atoms with van der Waals surface area (Å²) >= 11 is 0. The van der Waals surface area contributed by atoms with E-state index in [1.807, 2.05) is 17.7 Å².